The van der Waals surface area contributed by atoms with Crippen molar-refractivity contribution in [3.63, 3.8) is 0 Å². The molecule has 0 spiro atoms. The van der Waals surface area contributed by atoms with Gasteiger partial charge in [0.2, 0.25) is 0 Å². The zero-order valence-corrected chi connectivity index (χ0v) is 12.2. The summed E-state index contributed by atoms with van der Waals surface area (Å²) in [4.78, 5) is 0. The second kappa shape index (κ2) is 6.97. The van der Waals surface area contributed by atoms with E-state index < -0.39 is 6.36 Å². The fourth-order valence-electron chi connectivity index (χ4n) is 2.08. The molecule has 2 nitrogen and oxygen atoms in total. The number of hydrogen-bond donors (Lipinski definition) is 1. The molecule has 0 heterocycles. The van der Waals surface area contributed by atoms with Gasteiger partial charge in [-0.2, -0.15) is 0 Å². The molecule has 0 bridgehead atoms. The molecule has 0 amide bonds. The largest absolute Gasteiger partial charge is 0.573 e. The van der Waals surface area contributed by atoms with Gasteiger partial charge in [0.05, 0.1) is 0 Å². The molecule has 0 aromatic heterocycles. The Balaban J connectivity index is 2.82. The van der Waals surface area contributed by atoms with E-state index >= 15 is 0 Å². The molecule has 0 saturated carbocycles. The summed E-state index contributed by atoms with van der Waals surface area (Å²) >= 11 is 0. The van der Waals surface area contributed by atoms with Crippen LogP contribution >= 0.6 is 0 Å². The van der Waals surface area contributed by atoms with Crippen LogP contribution in [0.25, 0.3) is 0 Å². The van der Waals surface area contributed by atoms with Gasteiger partial charge in [-0.05, 0) is 37.4 Å². The van der Waals surface area contributed by atoms with Gasteiger partial charge in [-0.1, -0.05) is 39.0 Å². The SMILES string of the molecule is CCCNCCC(C)(C)c1ccccc1OC(F)(F)F. The van der Waals surface area contributed by atoms with E-state index in [0.29, 0.717) is 5.56 Å². The van der Waals surface area contributed by atoms with E-state index in [1.165, 1.54) is 6.07 Å². The number of rotatable bonds is 7. The monoisotopic (exact) mass is 289 g/mol. The topological polar surface area (TPSA) is 21.3 Å². The molecule has 0 aliphatic carbocycles. The third-order valence-electron chi connectivity index (χ3n) is 3.20. The van der Waals surface area contributed by atoms with Crippen molar-refractivity contribution in [3.8, 4) is 5.75 Å². The van der Waals surface area contributed by atoms with Crippen LogP contribution in [0.5, 0.6) is 5.75 Å². The summed E-state index contributed by atoms with van der Waals surface area (Å²) in [5.41, 5.74) is 0.193. The summed E-state index contributed by atoms with van der Waals surface area (Å²) in [5, 5.41) is 3.27. The molecular formula is C15H22F3NO. The first-order valence-electron chi connectivity index (χ1n) is 6.82. The highest BCUT2D eigenvalue weighted by Gasteiger charge is 2.34. The third kappa shape index (κ3) is 5.41. The van der Waals surface area contributed by atoms with Crippen molar-refractivity contribution in [2.24, 2.45) is 0 Å². The highest BCUT2D eigenvalue weighted by Crippen LogP contribution is 2.36. The molecule has 0 unspecified atom stereocenters. The van der Waals surface area contributed by atoms with E-state index in [1.54, 1.807) is 18.2 Å². The van der Waals surface area contributed by atoms with Crippen LogP contribution in [-0.4, -0.2) is 19.5 Å². The standard InChI is InChI=1S/C15H22F3NO/c1-4-10-19-11-9-14(2,3)12-7-5-6-8-13(12)20-15(16,17)18/h5-8,19H,4,9-11H2,1-3H3. The van der Waals surface area contributed by atoms with Crippen molar-refractivity contribution in [1.29, 1.82) is 0 Å². The van der Waals surface area contributed by atoms with Gasteiger partial charge in [-0.15, -0.1) is 13.2 Å². The molecule has 1 N–H and O–H groups in total. The van der Waals surface area contributed by atoms with Crippen molar-refractivity contribution in [3.05, 3.63) is 29.8 Å². The Morgan fingerprint density at radius 3 is 2.35 bits per heavy atom. The Morgan fingerprint density at radius 1 is 1.10 bits per heavy atom. The lowest BCUT2D eigenvalue weighted by Crippen LogP contribution is -2.27. The summed E-state index contributed by atoms with van der Waals surface area (Å²) in [7, 11) is 0. The first kappa shape index (κ1) is 16.8. The molecule has 0 fully saturated rings. The smallest absolute Gasteiger partial charge is 0.405 e. The zero-order valence-electron chi connectivity index (χ0n) is 12.2. The van der Waals surface area contributed by atoms with Crippen molar-refractivity contribution in [2.75, 3.05) is 13.1 Å². The van der Waals surface area contributed by atoms with E-state index in [1.807, 2.05) is 13.8 Å². The number of hydrogen-bond acceptors (Lipinski definition) is 2. The van der Waals surface area contributed by atoms with Gasteiger partial charge in [0.1, 0.15) is 5.75 Å². The van der Waals surface area contributed by atoms with Crippen LogP contribution in [0.4, 0.5) is 13.2 Å². The van der Waals surface area contributed by atoms with Gasteiger partial charge in [0.25, 0.3) is 0 Å². The van der Waals surface area contributed by atoms with Gasteiger partial charge in [0, 0.05) is 5.56 Å². The van der Waals surface area contributed by atoms with Crippen LogP contribution < -0.4 is 10.1 Å². The molecule has 1 rings (SSSR count). The maximum atomic E-state index is 12.4. The maximum Gasteiger partial charge on any atom is 0.573 e. The Labute approximate surface area is 118 Å². The molecular weight excluding hydrogens is 267 g/mol. The number of para-hydroxylation sites is 1. The maximum absolute atomic E-state index is 12.4. The molecule has 114 valence electrons. The normalized spacial score (nSPS) is 12.5. The Kier molecular flexibility index (Phi) is 5.87. The van der Waals surface area contributed by atoms with E-state index in [4.69, 9.17) is 0 Å². The number of nitrogens with one attached hydrogen (secondary N) is 1. The van der Waals surface area contributed by atoms with Gasteiger partial charge in [-0.3, -0.25) is 0 Å². The molecule has 1 aromatic carbocycles. The second-order valence-electron chi connectivity index (χ2n) is 5.43. The molecule has 0 aliphatic rings. The Bertz CT molecular complexity index is 416. The van der Waals surface area contributed by atoms with Crippen molar-refractivity contribution >= 4 is 0 Å². The van der Waals surface area contributed by atoms with E-state index in [9.17, 15) is 13.2 Å². The average molecular weight is 289 g/mol. The molecule has 1 aromatic rings. The van der Waals surface area contributed by atoms with Crippen molar-refractivity contribution < 1.29 is 17.9 Å². The summed E-state index contributed by atoms with van der Waals surface area (Å²) in [5.74, 6) is -0.111. The van der Waals surface area contributed by atoms with Crippen LogP contribution in [0, 0.1) is 0 Å². The van der Waals surface area contributed by atoms with Crippen molar-refractivity contribution in [2.45, 2.75) is 45.4 Å². The van der Waals surface area contributed by atoms with Crippen LogP contribution in [-0.2, 0) is 5.41 Å². The molecule has 0 aliphatic heterocycles. The minimum Gasteiger partial charge on any atom is -0.405 e. The molecule has 0 saturated heterocycles. The van der Waals surface area contributed by atoms with Crippen LogP contribution in [0.3, 0.4) is 0 Å². The van der Waals surface area contributed by atoms with E-state index in [-0.39, 0.29) is 11.2 Å². The zero-order chi connectivity index (χ0) is 15.2. The molecule has 0 atom stereocenters. The van der Waals surface area contributed by atoms with Gasteiger partial charge < -0.3 is 10.1 Å². The minimum atomic E-state index is -4.66. The number of alkyl halides is 3. The summed E-state index contributed by atoms with van der Waals surface area (Å²) in [6.45, 7) is 7.61. The van der Waals surface area contributed by atoms with Gasteiger partial charge in [0.15, 0.2) is 0 Å². The summed E-state index contributed by atoms with van der Waals surface area (Å²) < 4.78 is 41.4. The third-order valence-corrected chi connectivity index (χ3v) is 3.20. The van der Waals surface area contributed by atoms with Crippen LogP contribution in [0.1, 0.15) is 39.2 Å². The van der Waals surface area contributed by atoms with E-state index in [2.05, 4.69) is 17.0 Å². The molecule has 20 heavy (non-hydrogen) atoms. The lowest BCUT2D eigenvalue weighted by molar-refractivity contribution is -0.275. The van der Waals surface area contributed by atoms with Gasteiger partial charge in [-0.25, -0.2) is 0 Å². The highest BCUT2D eigenvalue weighted by atomic mass is 19.4. The Morgan fingerprint density at radius 2 is 1.75 bits per heavy atom. The highest BCUT2D eigenvalue weighted by molar-refractivity contribution is 5.39. The fourth-order valence-corrected chi connectivity index (χ4v) is 2.08. The fraction of sp³-hybridized carbons (Fsp3) is 0.600. The van der Waals surface area contributed by atoms with E-state index in [0.717, 1.165) is 25.9 Å². The first-order chi connectivity index (χ1) is 9.26. The van der Waals surface area contributed by atoms with Gasteiger partial charge >= 0.3 is 6.36 Å². The molecule has 5 heteroatoms. The molecule has 0 radical (unpaired) electrons. The lowest BCUT2D eigenvalue weighted by Gasteiger charge is -2.28. The average Bonchev–Trinajstić information content (AvgIpc) is 2.33. The quantitative estimate of drug-likeness (QED) is 0.758. The number of benzene rings is 1. The van der Waals surface area contributed by atoms with Crippen molar-refractivity contribution in [1.82, 2.24) is 5.32 Å². The Hall–Kier alpha value is -1.23. The predicted molar refractivity (Wildman–Crippen MR) is 73.9 cm³/mol. The summed E-state index contributed by atoms with van der Waals surface area (Å²) in [6, 6.07) is 6.35. The van der Waals surface area contributed by atoms with Crippen LogP contribution in [0.2, 0.25) is 0 Å². The predicted octanol–water partition coefficient (Wildman–Crippen LogP) is 4.25. The first-order valence-corrected chi connectivity index (χ1v) is 6.82. The second-order valence-corrected chi connectivity index (χ2v) is 5.43. The number of halogens is 3. The number of ether oxygens (including phenoxy) is 1. The minimum absolute atomic E-state index is 0.111. The van der Waals surface area contributed by atoms with Crippen LogP contribution in [0.15, 0.2) is 24.3 Å². The summed E-state index contributed by atoms with van der Waals surface area (Å²) in [6.07, 6.45) is -2.88. The lowest BCUT2D eigenvalue weighted by atomic mass is 9.81.